The number of nitrogens with two attached hydrogens (primary N) is 1. The van der Waals surface area contributed by atoms with Gasteiger partial charge in [-0.05, 0) is 30.7 Å². The third kappa shape index (κ3) is 2.88. The molecule has 0 aromatic heterocycles. The zero-order valence-corrected chi connectivity index (χ0v) is 9.96. The molecule has 0 aliphatic rings. The van der Waals surface area contributed by atoms with Gasteiger partial charge in [-0.15, -0.1) is 0 Å². The van der Waals surface area contributed by atoms with Gasteiger partial charge in [0.15, 0.2) is 0 Å². The third-order valence-electron chi connectivity index (χ3n) is 2.21. The molecule has 2 nitrogen and oxygen atoms in total. The van der Waals surface area contributed by atoms with Crippen molar-refractivity contribution in [1.29, 1.82) is 0 Å². The largest absolute Gasteiger partial charge is 0.456 e. The third-order valence-corrected chi connectivity index (χ3v) is 2.52. The van der Waals surface area contributed by atoms with Crippen molar-refractivity contribution in [2.45, 2.75) is 6.92 Å². The summed E-state index contributed by atoms with van der Waals surface area (Å²) in [5, 5.41) is 0.471. The van der Waals surface area contributed by atoms with Crippen LogP contribution in [0.25, 0.3) is 0 Å². The molecule has 2 rings (SSSR count). The monoisotopic (exact) mass is 251 g/mol. The minimum absolute atomic E-state index is 0.309. The van der Waals surface area contributed by atoms with Crippen LogP contribution >= 0.6 is 11.6 Å². The first-order chi connectivity index (χ1) is 8.04. The molecule has 0 heterocycles. The van der Waals surface area contributed by atoms with Crippen molar-refractivity contribution in [2.24, 2.45) is 0 Å². The summed E-state index contributed by atoms with van der Waals surface area (Å²) in [5.74, 6) is 0.371. The molecule has 0 spiro atoms. The SMILES string of the molecule is Cc1ccc(Cl)c(Oc2cc(N)cc(F)c2)c1. The topological polar surface area (TPSA) is 35.2 Å². The van der Waals surface area contributed by atoms with Crippen LogP contribution in [0.4, 0.5) is 10.1 Å². The van der Waals surface area contributed by atoms with Crippen LogP contribution in [0.3, 0.4) is 0 Å². The van der Waals surface area contributed by atoms with Gasteiger partial charge in [0, 0.05) is 17.8 Å². The Kier molecular flexibility index (Phi) is 3.20. The van der Waals surface area contributed by atoms with E-state index in [1.54, 1.807) is 18.2 Å². The second-order valence-electron chi connectivity index (χ2n) is 3.76. The van der Waals surface area contributed by atoms with E-state index in [2.05, 4.69) is 0 Å². The average molecular weight is 252 g/mol. The zero-order chi connectivity index (χ0) is 12.4. The molecule has 0 bridgehead atoms. The predicted molar refractivity (Wildman–Crippen MR) is 67.1 cm³/mol. The number of ether oxygens (including phenoxy) is 1. The van der Waals surface area contributed by atoms with Gasteiger partial charge in [-0.2, -0.15) is 0 Å². The Balaban J connectivity index is 2.34. The number of hydrogen-bond acceptors (Lipinski definition) is 2. The second-order valence-corrected chi connectivity index (χ2v) is 4.16. The van der Waals surface area contributed by atoms with Crippen molar-refractivity contribution in [2.75, 3.05) is 5.73 Å². The van der Waals surface area contributed by atoms with Crippen molar-refractivity contribution in [3.8, 4) is 11.5 Å². The van der Waals surface area contributed by atoms with Crippen LogP contribution < -0.4 is 10.5 Å². The molecule has 2 aromatic carbocycles. The quantitative estimate of drug-likeness (QED) is 0.814. The van der Waals surface area contributed by atoms with Crippen LogP contribution in [0.5, 0.6) is 11.5 Å². The number of halogens is 2. The summed E-state index contributed by atoms with van der Waals surface area (Å²) in [6, 6.07) is 9.41. The van der Waals surface area contributed by atoms with Crippen molar-refractivity contribution in [3.63, 3.8) is 0 Å². The Morgan fingerprint density at radius 1 is 1.18 bits per heavy atom. The lowest BCUT2D eigenvalue weighted by molar-refractivity contribution is 0.477. The van der Waals surface area contributed by atoms with E-state index in [0.717, 1.165) is 5.56 Å². The Morgan fingerprint density at radius 3 is 2.65 bits per heavy atom. The van der Waals surface area contributed by atoms with Gasteiger partial charge in [0.1, 0.15) is 17.3 Å². The van der Waals surface area contributed by atoms with Crippen molar-refractivity contribution in [1.82, 2.24) is 0 Å². The van der Waals surface area contributed by atoms with Crippen LogP contribution in [-0.4, -0.2) is 0 Å². The summed E-state index contributed by atoms with van der Waals surface area (Å²) in [6.07, 6.45) is 0. The van der Waals surface area contributed by atoms with Crippen LogP contribution in [0.15, 0.2) is 36.4 Å². The molecule has 0 aliphatic carbocycles. The highest BCUT2D eigenvalue weighted by molar-refractivity contribution is 6.32. The lowest BCUT2D eigenvalue weighted by atomic mass is 10.2. The molecular formula is C13H11ClFNO. The molecule has 0 radical (unpaired) electrons. The van der Waals surface area contributed by atoms with Crippen LogP contribution in [0.1, 0.15) is 5.56 Å². The van der Waals surface area contributed by atoms with Gasteiger partial charge in [-0.1, -0.05) is 17.7 Å². The Hall–Kier alpha value is -1.74. The molecule has 4 heteroatoms. The van der Waals surface area contributed by atoms with Crippen molar-refractivity contribution < 1.29 is 9.13 Å². The van der Waals surface area contributed by atoms with Crippen molar-refractivity contribution in [3.05, 3.63) is 52.8 Å². The first-order valence-electron chi connectivity index (χ1n) is 5.04. The molecule has 88 valence electrons. The lowest BCUT2D eigenvalue weighted by Gasteiger charge is -2.09. The van der Waals surface area contributed by atoms with Crippen LogP contribution in [-0.2, 0) is 0 Å². The van der Waals surface area contributed by atoms with Gasteiger partial charge < -0.3 is 10.5 Å². The van der Waals surface area contributed by atoms with E-state index < -0.39 is 5.82 Å². The van der Waals surface area contributed by atoms with Gasteiger partial charge in [0.05, 0.1) is 5.02 Å². The van der Waals surface area contributed by atoms with Crippen LogP contribution in [0, 0.1) is 12.7 Å². The Bertz CT molecular complexity index is 537. The summed E-state index contributed by atoms with van der Waals surface area (Å²) in [7, 11) is 0. The molecule has 0 atom stereocenters. The minimum Gasteiger partial charge on any atom is -0.456 e. The smallest absolute Gasteiger partial charge is 0.146 e. The molecule has 0 saturated heterocycles. The van der Waals surface area contributed by atoms with Crippen LogP contribution in [0.2, 0.25) is 5.02 Å². The van der Waals surface area contributed by atoms with E-state index in [1.807, 2.05) is 13.0 Å². The second kappa shape index (κ2) is 4.63. The minimum atomic E-state index is -0.441. The summed E-state index contributed by atoms with van der Waals surface area (Å²) in [4.78, 5) is 0. The first-order valence-corrected chi connectivity index (χ1v) is 5.42. The maximum atomic E-state index is 13.1. The summed E-state index contributed by atoms with van der Waals surface area (Å²) >= 11 is 5.98. The number of rotatable bonds is 2. The molecule has 0 unspecified atom stereocenters. The normalized spacial score (nSPS) is 10.3. The fourth-order valence-electron chi connectivity index (χ4n) is 1.46. The molecule has 17 heavy (non-hydrogen) atoms. The molecule has 2 aromatic rings. The van der Waals surface area contributed by atoms with Gasteiger partial charge in [-0.3, -0.25) is 0 Å². The molecule has 0 saturated carbocycles. The number of benzene rings is 2. The predicted octanol–water partition coefficient (Wildman–Crippen LogP) is 4.16. The maximum Gasteiger partial charge on any atom is 0.146 e. The van der Waals surface area contributed by atoms with E-state index in [-0.39, 0.29) is 0 Å². The van der Waals surface area contributed by atoms with Gasteiger partial charge >= 0.3 is 0 Å². The summed E-state index contributed by atoms with van der Waals surface area (Å²) in [6.45, 7) is 1.92. The molecule has 0 amide bonds. The average Bonchev–Trinajstić information content (AvgIpc) is 2.22. The summed E-state index contributed by atoms with van der Waals surface area (Å²) < 4.78 is 18.6. The number of nitrogen functional groups attached to an aromatic ring is 1. The molecule has 0 fully saturated rings. The van der Waals surface area contributed by atoms with E-state index >= 15 is 0 Å². The number of aryl methyl sites for hydroxylation is 1. The van der Waals surface area contributed by atoms with E-state index in [0.29, 0.717) is 22.2 Å². The number of anilines is 1. The highest BCUT2D eigenvalue weighted by Crippen LogP contribution is 2.31. The molecule has 2 N–H and O–H groups in total. The highest BCUT2D eigenvalue weighted by Gasteiger charge is 2.05. The van der Waals surface area contributed by atoms with Gasteiger partial charge in [-0.25, -0.2) is 4.39 Å². The van der Waals surface area contributed by atoms with Crippen molar-refractivity contribution >= 4 is 17.3 Å². The van der Waals surface area contributed by atoms with Gasteiger partial charge in [0.2, 0.25) is 0 Å². The fourth-order valence-corrected chi connectivity index (χ4v) is 1.62. The fraction of sp³-hybridized carbons (Fsp3) is 0.0769. The van der Waals surface area contributed by atoms with E-state index in [9.17, 15) is 4.39 Å². The lowest BCUT2D eigenvalue weighted by Crippen LogP contribution is -1.91. The van der Waals surface area contributed by atoms with E-state index in [1.165, 1.54) is 12.1 Å². The molecule has 0 aliphatic heterocycles. The highest BCUT2D eigenvalue weighted by atomic mass is 35.5. The number of hydrogen-bond donors (Lipinski definition) is 1. The maximum absolute atomic E-state index is 13.1. The molecular weight excluding hydrogens is 241 g/mol. The Morgan fingerprint density at radius 2 is 1.94 bits per heavy atom. The zero-order valence-electron chi connectivity index (χ0n) is 9.21. The standard InChI is InChI=1S/C13H11ClFNO/c1-8-2-3-12(14)13(4-8)17-11-6-9(15)5-10(16)7-11/h2-7H,16H2,1H3. The van der Waals surface area contributed by atoms with E-state index in [4.69, 9.17) is 22.1 Å². The first kappa shape index (κ1) is 11.7. The summed E-state index contributed by atoms with van der Waals surface area (Å²) in [5.41, 5.74) is 6.85. The van der Waals surface area contributed by atoms with Gasteiger partial charge in [0.25, 0.3) is 0 Å². The Labute approximate surface area is 104 Å².